The summed E-state index contributed by atoms with van der Waals surface area (Å²) in [6.07, 6.45) is 1.81. The molecule has 1 atom stereocenters. The number of morpholine rings is 1. The van der Waals surface area contributed by atoms with E-state index < -0.39 is 0 Å². The largest absolute Gasteiger partial charge is 0.369 e. The average molecular weight is 385 g/mol. The molecule has 1 aliphatic rings. The van der Waals surface area contributed by atoms with Gasteiger partial charge in [-0.2, -0.15) is 5.10 Å². The van der Waals surface area contributed by atoms with Crippen LogP contribution in [0.4, 0.5) is 10.9 Å². The van der Waals surface area contributed by atoms with Crippen LogP contribution in [0.1, 0.15) is 28.1 Å². The van der Waals surface area contributed by atoms with Crippen molar-refractivity contribution >= 4 is 22.3 Å². The highest BCUT2D eigenvalue weighted by Gasteiger charge is 2.24. The van der Waals surface area contributed by atoms with Gasteiger partial charge in [0.25, 0.3) is 0 Å². The molecule has 0 aromatic carbocycles. The molecule has 142 valence electrons. The second-order valence-electron chi connectivity index (χ2n) is 6.77. The lowest BCUT2D eigenvalue weighted by Crippen LogP contribution is -2.38. The molecule has 0 spiro atoms. The van der Waals surface area contributed by atoms with E-state index in [1.807, 2.05) is 43.0 Å². The number of aromatic nitrogens is 4. The van der Waals surface area contributed by atoms with Gasteiger partial charge in [0, 0.05) is 37.8 Å². The van der Waals surface area contributed by atoms with Crippen LogP contribution < -0.4 is 5.32 Å². The average Bonchev–Trinajstić information content (AvgIpc) is 3.20. The first-order chi connectivity index (χ1) is 13.1. The van der Waals surface area contributed by atoms with Crippen LogP contribution in [0.5, 0.6) is 0 Å². The monoisotopic (exact) mass is 384 g/mol. The van der Waals surface area contributed by atoms with Gasteiger partial charge < -0.3 is 10.1 Å². The molecule has 0 amide bonds. The fourth-order valence-electron chi connectivity index (χ4n) is 3.15. The summed E-state index contributed by atoms with van der Waals surface area (Å²) >= 11 is 1.64. The Morgan fingerprint density at radius 3 is 2.89 bits per heavy atom. The number of hydrogen-bond donors (Lipinski definition) is 1. The molecule has 4 heterocycles. The highest BCUT2D eigenvalue weighted by molar-refractivity contribution is 7.15. The molecule has 1 aliphatic heterocycles. The summed E-state index contributed by atoms with van der Waals surface area (Å²) in [7, 11) is 1.98. The third-order valence-corrected chi connectivity index (χ3v) is 5.81. The van der Waals surface area contributed by atoms with Crippen LogP contribution in [0.2, 0.25) is 0 Å². The Kier molecular flexibility index (Phi) is 5.20. The first-order valence-corrected chi connectivity index (χ1v) is 9.89. The Labute approximate surface area is 163 Å². The molecule has 8 heteroatoms. The summed E-state index contributed by atoms with van der Waals surface area (Å²) in [5.41, 5.74) is 3.20. The molecule has 3 aromatic rings. The molecule has 0 bridgehead atoms. The minimum absolute atomic E-state index is 0.0338. The molecule has 3 aromatic heterocycles. The Balaban J connectivity index is 1.45. The van der Waals surface area contributed by atoms with Gasteiger partial charge in [-0.15, -0.1) is 11.3 Å². The maximum absolute atomic E-state index is 6.00. The highest BCUT2D eigenvalue weighted by Crippen LogP contribution is 2.26. The number of nitrogens with one attached hydrogen (secondary N) is 1. The number of anilines is 2. The molecule has 0 saturated carbocycles. The van der Waals surface area contributed by atoms with Crippen LogP contribution >= 0.6 is 11.3 Å². The lowest BCUT2D eigenvalue weighted by atomic mass is 10.2. The van der Waals surface area contributed by atoms with E-state index in [1.165, 1.54) is 10.6 Å². The van der Waals surface area contributed by atoms with Crippen LogP contribution in [0.25, 0.3) is 0 Å². The maximum Gasteiger partial charge on any atom is 0.188 e. The van der Waals surface area contributed by atoms with Gasteiger partial charge in [-0.3, -0.25) is 9.58 Å². The third kappa shape index (κ3) is 4.18. The fraction of sp³-hybridized carbons (Fsp3) is 0.421. The molecule has 1 fully saturated rings. The summed E-state index contributed by atoms with van der Waals surface area (Å²) in [4.78, 5) is 12.9. The molecule has 4 rings (SSSR count). The van der Waals surface area contributed by atoms with Crippen molar-refractivity contribution in [3.8, 4) is 0 Å². The normalized spacial score (nSPS) is 18.0. The van der Waals surface area contributed by atoms with Crippen molar-refractivity contribution in [1.29, 1.82) is 0 Å². The zero-order chi connectivity index (χ0) is 18.8. The number of thiazole rings is 1. The summed E-state index contributed by atoms with van der Waals surface area (Å²) in [5.74, 6) is 0.800. The first-order valence-electron chi connectivity index (χ1n) is 9.07. The Morgan fingerprint density at radius 1 is 1.26 bits per heavy atom. The van der Waals surface area contributed by atoms with Gasteiger partial charge in [0.1, 0.15) is 11.9 Å². The van der Waals surface area contributed by atoms with Gasteiger partial charge in [-0.25, -0.2) is 9.97 Å². The quantitative estimate of drug-likeness (QED) is 0.729. The number of aryl methyl sites for hydroxylation is 3. The minimum Gasteiger partial charge on any atom is -0.369 e. The van der Waals surface area contributed by atoms with Gasteiger partial charge in [-0.05, 0) is 32.0 Å². The van der Waals surface area contributed by atoms with Crippen LogP contribution in [0.15, 0.2) is 30.5 Å². The van der Waals surface area contributed by atoms with Crippen molar-refractivity contribution in [2.24, 2.45) is 7.05 Å². The zero-order valence-electron chi connectivity index (χ0n) is 15.8. The van der Waals surface area contributed by atoms with E-state index in [1.54, 1.807) is 11.3 Å². The Bertz CT molecular complexity index is 901. The number of ether oxygens (including phenoxy) is 1. The number of pyridine rings is 1. The van der Waals surface area contributed by atoms with Crippen molar-refractivity contribution in [3.63, 3.8) is 0 Å². The molecule has 1 N–H and O–H groups in total. The van der Waals surface area contributed by atoms with Crippen molar-refractivity contribution in [2.75, 3.05) is 25.0 Å². The third-order valence-electron chi connectivity index (χ3n) is 4.82. The van der Waals surface area contributed by atoms with Gasteiger partial charge in [-0.1, -0.05) is 6.07 Å². The van der Waals surface area contributed by atoms with Gasteiger partial charge >= 0.3 is 0 Å². The van der Waals surface area contributed by atoms with E-state index in [-0.39, 0.29) is 6.10 Å². The summed E-state index contributed by atoms with van der Waals surface area (Å²) in [5, 5.41) is 8.44. The van der Waals surface area contributed by atoms with Crippen LogP contribution in [-0.2, 0) is 18.3 Å². The summed E-state index contributed by atoms with van der Waals surface area (Å²) in [6.45, 7) is 7.40. The molecule has 1 saturated heterocycles. The molecule has 27 heavy (non-hydrogen) atoms. The summed E-state index contributed by atoms with van der Waals surface area (Å²) in [6, 6.07) is 8.07. The van der Waals surface area contributed by atoms with E-state index in [4.69, 9.17) is 9.72 Å². The molecule has 7 nitrogen and oxygen atoms in total. The highest BCUT2D eigenvalue weighted by atomic mass is 32.1. The van der Waals surface area contributed by atoms with E-state index in [0.29, 0.717) is 6.61 Å². The van der Waals surface area contributed by atoms with E-state index >= 15 is 0 Å². The minimum atomic E-state index is -0.0338. The molecule has 0 radical (unpaired) electrons. The lowest BCUT2D eigenvalue weighted by molar-refractivity contribution is -0.0355. The molecule has 0 unspecified atom stereocenters. The Hall–Kier alpha value is -2.29. The number of nitrogens with zero attached hydrogens (tertiary/aromatic N) is 5. The molecular formula is C19H24N6OS. The van der Waals surface area contributed by atoms with Crippen molar-refractivity contribution < 1.29 is 4.74 Å². The summed E-state index contributed by atoms with van der Waals surface area (Å²) < 4.78 is 7.93. The van der Waals surface area contributed by atoms with E-state index in [0.717, 1.165) is 42.0 Å². The standard InChI is InChI=1S/C19H24N6OS/c1-13-14(2)27-19(21-13)23-18-6-4-5-16(22-18)17-12-25(9-10-26-17)11-15-7-8-20-24(15)3/h4-8,17H,9-12H2,1-3H3,(H,21,22,23)/t17-/m0/s1. The van der Waals surface area contributed by atoms with Crippen LogP contribution in [0.3, 0.4) is 0 Å². The lowest BCUT2D eigenvalue weighted by Gasteiger charge is -2.32. The topological polar surface area (TPSA) is 68.1 Å². The van der Waals surface area contributed by atoms with Crippen molar-refractivity contribution in [1.82, 2.24) is 24.6 Å². The van der Waals surface area contributed by atoms with Crippen LogP contribution in [-0.4, -0.2) is 44.3 Å². The molecule has 0 aliphatic carbocycles. The molecular weight excluding hydrogens is 360 g/mol. The predicted molar refractivity (Wildman–Crippen MR) is 106 cm³/mol. The smallest absolute Gasteiger partial charge is 0.188 e. The van der Waals surface area contributed by atoms with E-state index in [9.17, 15) is 0 Å². The van der Waals surface area contributed by atoms with E-state index in [2.05, 4.69) is 33.3 Å². The maximum atomic E-state index is 6.00. The first kappa shape index (κ1) is 18.1. The SMILES string of the molecule is Cc1nc(Nc2cccc([C@@H]3CN(Cc4ccnn4C)CCO3)n2)sc1C. The Morgan fingerprint density at radius 2 is 2.15 bits per heavy atom. The van der Waals surface area contributed by atoms with Gasteiger partial charge in [0.15, 0.2) is 5.13 Å². The predicted octanol–water partition coefficient (Wildman–Crippen LogP) is 3.21. The van der Waals surface area contributed by atoms with Gasteiger partial charge in [0.05, 0.1) is 23.7 Å². The number of rotatable bonds is 5. The van der Waals surface area contributed by atoms with Gasteiger partial charge in [0.2, 0.25) is 0 Å². The van der Waals surface area contributed by atoms with Crippen molar-refractivity contribution in [3.05, 3.63) is 52.4 Å². The van der Waals surface area contributed by atoms with Crippen molar-refractivity contribution in [2.45, 2.75) is 26.5 Å². The second kappa shape index (κ2) is 7.75. The second-order valence-corrected chi connectivity index (χ2v) is 7.98. The fourth-order valence-corrected chi connectivity index (χ4v) is 3.97. The van der Waals surface area contributed by atoms with Crippen LogP contribution in [0, 0.1) is 13.8 Å². The zero-order valence-corrected chi connectivity index (χ0v) is 16.7. The number of hydrogen-bond acceptors (Lipinski definition) is 7.